The molecule has 154 valence electrons. The molecule has 30 heavy (non-hydrogen) atoms. The first-order chi connectivity index (χ1) is 14.5. The fourth-order valence-corrected chi connectivity index (χ4v) is 2.92. The summed E-state index contributed by atoms with van der Waals surface area (Å²) in [5.41, 5.74) is 5.66. The van der Waals surface area contributed by atoms with Crippen molar-refractivity contribution in [3.8, 4) is 11.5 Å². The van der Waals surface area contributed by atoms with Crippen molar-refractivity contribution in [2.45, 2.75) is 13.5 Å². The number of rotatable bonds is 8. The third-order valence-electron chi connectivity index (χ3n) is 4.14. The maximum Gasteiger partial charge on any atom is 0.287 e. The molecule has 0 amide bonds. The molecule has 1 N–H and O–H groups in total. The molecule has 3 rings (SSSR count). The average molecular weight is 471 g/mol. The van der Waals surface area contributed by atoms with Gasteiger partial charge in [0.1, 0.15) is 18.6 Å². The number of anilines is 1. The number of pyridine rings is 1. The summed E-state index contributed by atoms with van der Waals surface area (Å²) < 4.78 is 12.1. The van der Waals surface area contributed by atoms with E-state index in [1.165, 1.54) is 17.7 Å². The molecule has 0 aliphatic carbocycles. The lowest BCUT2D eigenvalue weighted by atomic mass is 10.2. The summed E-state index contributed by atoms with van der Waals surface area (Å²) in [7, 11) is 1.57. The van der Waals surface area contributed by atoms with Gasteiger partial charge in [-0.3, -0.25) is 15.5 Å². The summed E-state index contributed by atoms with van der Waals surface area (Å²) in [6.07, 6.45) is 2.75. The van der Waals surface area contributed by atoms with E-state index in [2.05, 4.69) is 31.4 Å². The molecule has 1 aromatic heterocycles. The highest BCUT2D eigenvalue weighted by molar-refractivity contribution is 9.10. The number of aryl methyl sites for hydroxylation is 1. The summed E-state index contributed by atoms with van der Waals surface area (Å²) in [5, 5.41) is 14.8. The third kappa shape index (κ3) is 5.54. The van der Waals surface area contributed by atoms with Gasteiger partial charge in [-0.15, -0.1) is 0 Å². The molecule has 2 aromatic carbocycles. The van der Waals surface area contributed by atoms with E-state index >= 15 is 0 Å². The van der Waals surface area contributed by atoms with Gasteiger partial charge in [0.05, 0.1) is 18.2 Å². The second-order valence-electron chi connectivity index (χ2n) is 6.33. The SMILES string of the molecule is COc1cc(C=NNc2ccc([N+](=O)[O-])cn2)c(Br)cc1OCc1ccc(C)cc1. The normalized spacial score (nSPS) is 10.8. The number of halogens is 1. The van der Waals surface area contributed by atoms with Crippen molar-refractivity contribution in [1.82, 2.24) is 4.98 Å². The van der Waals surface area contributed by atoms with Crippen molar-refractivity contribution in [3.63, 3.8) is 0 Å². The van der Waals surface area contributed by atoms with Crippen LogP contribution >= 0.6 is 15.9 Å². The fourth-order valence-electron chi connectivity index (χ4n) is 2.50. The number of hydrogen-bond donors (Lipinski definition) is 1. The Hall–Kier alpha value is -3.46. The Morgan fingerprint density at radius 1 is 1.20 bits per heavy atom. The summed E-state index contributed by atoms with van der Waals surface area (Å²) in [4.78, 5) is 14.1. The van der Waals surface area contributed by atoms with E-state index in [0.717, 1.165) is 21.8 Å². The first-order valence-electron chi connectivity index (χ1n) is 8.91. The van der Waals surface area contributed by atoms with Crippen molar-refractivity contribution >= 4 is 33.6 Å². The van der Waals surface area contributed by atoms with Crippen LogP contribution in [0.2, 0.25) is 0 Å². The predicted octanol–water partition coefficient (Wildman–Crippen LogP) is 5.09. The van der Waals surface area contributed by atoms with E-state index in [1.807, 2.05) is 37.3 Å². The molecule has 3 aromatic rings. The molecule has 0 bridgehead atoms. The largest absolute Gasteiger partial charge is 0.493 e. The lowest BCUT2D eigenvalue weighted by molar-refractivity contribution is -0.385. The number of hydrogen-bond acceptors (Lipinski definition) is 7. The van der Waals surface area contributed by atoms with E-state index in [1.54, 1.807) is 19.4 Å². The monoisotopic (exact) mass is 470 g/mol. The Kier molecular flexibility index (Phi) is 6.97. The highest BCUT2D eigenvalue weighted by atomic mass is 79.9. The van der Waals surface area contributed by atoms with Crippen LogP contribution in [-0.2, 0) is 6.61 Å². The topological polar surface area (TPSA) is 98.9 Å². The molecule has 0 spiro atoms. The Morgan fingerprint density at radius 2 is 1.97 bits per heavy atom. The molecule has 0 aliphatic rings. The number of hydrazone groups is 1. The molecule has 9 heteroatoms. The van der Waals surface area contributed by atoms with Crippen molar-refractivity contribution in [3.05, 3.63) is 86.0 Å². The molecule has 0 atom stereocenters. The Balaban J connectivity index is 1.68. The highest BCUT2D eigenvalue weighted by Crippen LogP contribution is 2.33. The van der Waals surface area contributed by atoms with Crippen LogP contribution in [-0.4, -0.2) is 23.2 Å². The van der Waals surface area contributed by atoms with Crippen LogP contribution in [0.25, 0.3) is 0 Å². The summed E-state index contributed by atoms with van der Waals surface area (Å²) in [5.74, 6) is 1.56. The van der Waals surface area contributed by atoms with Gasteiger partial charge in [0.25, 0.3) is 5.69 Å². The second kappa shape index (κ2) is 9.84. The Bertz CT molecular complexity index is 1050. The zero-order valence-electron chi connectivity index (χ0n) is 16.3. The van der Waals surface area contributed by atoms with Crippen molar-refractivity contribution < 1.29 is 14.4 Å². The fraction of sp³-hybridized carbons (Fsp3) is 0.143. The number of ether oxygens (including phenoxy) is 2. The maximum atomic E-state index is 10.7. The predicted molar refractivity (Wildman–Crippen MR) is 118 cm³/mol. The van der Waals surface area contributed by atoms with E-state index < -0.39 is 4.92 Å². The molecule has 0 unspecified atom stereocenters. The number of nitrogens with one attached hydrogen (secondary N) is 1. The van der Waals surface area contributed by atoms with Gasteiger partial charge in [-0.25, -0.2) is 4.98 Å². The van der Waals surface area contributed by atoms with Gasteiger partial charge < -0.3 is 9.47 Å². The quantitative estimate of drug-likeness (QED) is 0.279. The van der Waals surface area contributed by atoms with Crippen LogP contribution in [0.15, 0.2) is 64.3 Å². The van der Waals surface area contributed by atoms with E-state index in [-0.39, 0.29) is 5.69 Å². The lowest BCUT2D eigenvalue weighted by Gasteiger charge is -2.13. The number of methoxy groups -OCH3 is 1. The molecular formula is C21H19BrN4O4. The minimum atomic E-state index is -0.508. The highest BCUT2D eigenvalue weighted by Gasteiger charge is 2.10. The summed E-state index contributed by atoms with van der Waals surface area (Å²) in [6, 6.07) is 14.6. The van der Waals surface area contributed by atoms with Crippen LogP contribution < -0.4 is 14.9 Å². The lowest BCUT2D eigenvalue weighted by Crippen LogP contribution is -2.00. The maximum absolute atomic E-state index is 10.7. The number of benzene rings is 2. The molecule has 0 saturated carbocycles. The molecule has 1 heterocycles. The molecule has 0 fully saturated rings. The van der Waals surface area contributed by atoms with E-state index in [9.17, 15) is 10.1 Å². The van der Waals surface area contributed by atoms with Crippen molar-refractivity contribution in [1.29, 1.82) is 0 Å². The molecule has 0 saturated heterocycles. The van der Waals surface area contributed by atoms with Gasteiger partial charge in [-0.2, -0.15) is 5.10 Å². The van der Waals surface area contributed by atoms with Crippen LogP contribution in [0.5, 0.6) is 11.5 Å². The van der Waals surface area contributed by atoms with Crippen LogP contribution in [0.1, 0.15) is 16.7 Å². The van der Waals surface area contributed by atoms with Gasteiger partial charge >= 0.3 is 0 Å². The smallest absolute Gasteiger partial charge is 0.287 e. The number of nitrogens with zero attached hydrogens (tertiary/aromatic N) is 3. The van der Waals surface area contributed by atoms with Gasteiger partial charge in [-0.05, 0) is 46.6 Å². The van der Waals surface area contributed by atoms with Crippen LogP contribution in [0.3, 0.4) is 0 Å². The van der Waals surface area contributed by atoms with Crippen LogP contribution in [0, 0.1) is 17.0 Å². The van der Waals surface area contributed by atoms with Gasteiger partial charge in [-0.1, -0.05) is 29.8 Å². The van der Waals surface area contributed by atoms with Gasteiger partial charge in [0.15, 0.2) is 11.5 Å². The Morgan fingerprint density at radius 3 is 2.60 bits per heavy atom. The summed E-state index contributed by atoms with van der Waals surface area (Å²) in [6.45, 7) is 2.46. The standard InChI is InChI=1S/C21H19BrN4O4/c1-14-3-5-15(6-4-14)13-30-20-10-18(22)16(9-19(20)29-2)11-24-25-21-8-7-17(12-23-21)26(27)28/h3-12H,13H2,1-2H3,(H,23,25). The molecule has 0 radical (unpaired) electrons. The molecule has 0 aliphatic heterocycles. The van der Waals surface area contributed by atoms with Crippen molar-refractivity contribution in [2.24, 2.45) is 5.10 Å². The summed E-state index contributed by atoms with van der Waals surface area (Å²) >= 11 is 3.51. The first-order valence-corrected chi connectivity index (χ1v) is 9.71. The third-order valence-corrected chi connectivity index (χ3v) is 4.83. The number of aromatic nitrogens is 1. The minimum Gasteiger partial charge on any atom is -0.493 e. The van der Waals surface area contributed by atoms with Crippen LogP contribution in [0.4, 0.5) is 11.5 Å². The first kappa shape index (κ1) is 21.3. The molecule has 8 nitrogen and oxygen atoms in total. The van der Waals surface area contributed by atoms with E-state index in [4.69, 9.17) is 9.47 Å². The average Bonchev–Trinajstić information content (AvgIpc) is 2.75. The minimum absolute atomic E-state index is 0.0850. The van der Waals surface area contributed by atoms with Crippen molar-refractivity contribution in [2.75, 3.05) is 12.5 Å². The van der Waals surface area contributed by atoms with Gasteiger partial charge in [0, 0.05) is 16.1 Å². The van der Waals surface area contributed by atoms with E-state index in [0.29, 0.717) is 23.9 Å². The zero-order valence-corrected chi connectivity index (χ0v) is 17.9. The van der Waals surface area contributed by atoms with Gasteiger partial charge in [0.2, 0.25) is 0 Å². The second-order valence-corrected chi connectivity index (χ2v) is 7.18. The Labute approximate surface area is 181 Å². The molecular weight excluding hydrogens is 452 g/mol. The zero-order chi connectivity index (χ0) is 21.5. The number of nitro groups is 1.